The van der Waals surface area contributed by atoms with Crippen LogP contribution in [0.3, 0.4) is 0 Å². The third kappa shape index (κ3) is 3.87. The van der Waals surface area contributed by atoms with Gasteiger partial charge in [-0.3, -0.25) is 4.79 Å². The number of nitrogens with one attached hydrogen (secondary N) is 1. The maximum Gasteiger partial charge on any atom is 0.416 e. The van der Waals surface area contributed by atoms with Crippen molar-refractivity contribution >= 4 is 12.0 Å². The van der Waals surface area contributed by atoms with Gasteiger partial charge in [-0.2, -0.15) is 13.2 Å². The van der Waals surface area contributed by atoms with Crippen LogP contribution in [0.15, 0.2) is 24.3 Å². The molecule has 0 aromatic heterocycles. The smallest absolute Gasteiger partial charge is 0.416 e. The minimum atomic E-state index is -4.43. The number of rotatable bonds is 4. The Bertz CT molecular complexity index is 528. The topological polar surface area (TPSA) is 58.6 Å². The summed E-state index contributed by atoms with van der Waals surface area (Å²) in [6.45, 7) is 1.29. The average Bonchev–Trinajstić information content (AvgIpc) is 2.83. The van der Waals surface area contributed by atoms with Crippen molar-refractivity contribution in [2.45, 2.75) is 6.18 Å². The van der Waals surface area contributed by atoms with E-state index in [2.05, 4.69) is 5.32 Å². The van der Waals surface area contributed by atoms with Gasteiger partial charge in [0.1, 0.15) is 6.61 Å². The Hall–Kier alpha value is -2.25. The first-order valence-corrected chi connectivity index (χ1v) is 6.25. The van der Waals surface area contributed by atoms with Gasteiger partial charge in [-0.15, -0.1) is 0 Å². The third-order valence-electron chi connectivity index (χ3n) is 2.99. The van der Waals surface area contributed by atoms with Crippen molar-refractivity contribution in [1.82, 2.24) is 10.2 Å². The lowest BCUT2D eigenvalue weighted by Crippen LogP contribution is -2.35. The molecule has 1 aliphatic heterocycles. The van der Waals surface area contributed by atoms with Crippen molar-refractivity contribution in [3.8, 4) is 0 Å². The van der Waals surface area contributed by atoms with Gasteiger partial charge >= 0.3 is 12.3 Å². The number of carbonyl (C=O) groups excluding carboxylic acids is 2. The fraction of sp³-hybridized carbons (Fsp3) is 0.385. The second kappa shape index (κ2) is 6.02. The first-order chi connectivity index (χ1) is 9.88. The zero-order valence-corrected chi connectivity index (χ0v) is 10.9. The number of halogens is 3. The number of alkyl halides is 3. The number of benzene rings is 1. The second-order valence-corrected chi connectivity index (χ2v) is 4.43. The number of ether oxygens (including phenoxy) is 1. The molecule has 1 aromatic rings. The average molecular weight is 302 g/mol. The molecule has 0 radical (unpaired) electrons. The number of nitrogens with zero attached hydrogens (tertiary/aromatic N) is 1. The minimum absolute atomic E-state index is 0.131. The molecular formula is C13H13F3N2O3. The molecule has 0 unspecified atom stereocenters. The van der Waals surface area contributed by atoms with Crippen LogP contribution in [0, 0.1) is 0 Å². The zero-order chi connectivity index (χ0) is 15.5. The molecule has 0 bridgehead atoms. The van der Waals surface area contributed by atoms with E-state index in [4.69, 9.17) is 4.74 Å². The van der Waals surface area contributed by atoms with Gasteiger partial charge in [0.25, 0.3) is 5.91 Å². The normalized spacial score (nSPS) is 15.0. The summed E-state index contributed by atoms with van der Waals surface area (Å²) in [4.78, 5) is 24.3. The van der Waals surface area contributed by atoms with E-state index in [0.717, 1.165) is 24.3 Å². The van der Waals surface area contributed by atoms with Gasteiger partial charge in [-0.05, 0) is 24.3 Å². The highest BCUT2D eigenvalue weighted by atomic mass is 19.4. The summed E-state index contributed by atoms with van der Waals surface area (Å²) in [5, 5.41) is 2.53. The number of amides is 2. The highest BCUT2D eigenvalue weighted by molar-refractivity contribution is 5.94. The Morgan fingerprint density at radius 3 is 2.48 bits per heavy atom. The molecule has 1 heterocycles. The second-order valence-electron chi connectivity index (χ2n) is 4.43. The Morgan fingerprint density at radius 1 is 1.29 bits per heavy atom. The van der Waals surface area contributed by atoms with Gasteiger partial charge in [-0.25, -0.2) is 4.79 Å². The number of cyclic esters (lactones) is 1. The van der Waals surface area contributed by atoms with Crippen LogP contribution < -0.4 is 5.32 Å². The van der Waals surface area contributed by atoms with E-state index in [1.807, 2.05) is 0 Å². The monoisotopic (exact) mass is 302 g/mol. The van der Waals surface area contributed by atoms with E-state index in [0.29, 0.717) is 19.7 Å². The molecule has 2 amide bonds. The fourth-order valence-electron chi connectivity index (χ4n) is 1.85. The number of hydrogen-bond donors (Lipinski definition) is 1. The number of carbonyl (C=O) groups is 2. The van der Waals surface area contributed by atoms with Crippen molar-refractivity contribution in [3.05, 3.63) is 35.4 Å². The van der Waals surface area contributed by atoms with Crippen molar-refractivity contribution in [3.63, 3.8) is 0 Å². The minimum Gasteiger partial charge on any atom is -0.448 e. The quantitative estimate of drug-likeness (QED) is 0.924. The largest absolute Gasteiger partial charge is 0.448 e. The lowest BCUT2D eigenvalue weighted by Gasteiger charge is -2.13. The van der Waals surface area contributed by atoms with Crippen molar-refractivity contribution in [2.24, 2.45) is 0 Å². The predicted octanol–water partition coefficient (Wildman–Crippen LogP) is 1.89. The molecule has 114 valence electrons. The first-order valence-electron chi connectivity index (χ1n) is 6.25. The van der Waals surface area contributed by atoms with Crippen molar-refractivity contribution in [1.29, 1.82) is 0 Å². The summed E-state index contributed by atoms with van der Waals surface area (Å²) in [5.41, 5.74) is -0.675. The summed E-state index contributed by atoms with van der Waals surface area (Å²) in [6.07, 6.45) is -4.86. The molecule has 21 heavy (non-hydrogen) atoms. The van der Waals surface area contributed by atoms with Gasteiger partial charge in [0.2, 0.25) is 0 Å². The highest BCUT2D eigenvalue weighted by Crippen LogP contribution is 2.28. The molecule has 2 rings (SSSR count). The summed E-state index contributed by atoms with van der Waals surface area (Å²) in [5.74, 6) is -0.490. The lowest BCUT2D eigenvalue weighted by atomic mass is 10.1. The SMILES string of the molecule is O=C(NCCN1CCOC1=O)c1ccc(C(F)(F)F)cc1. The van der Waals surface area contributed by atoms with Gasteiger partial charge in [-0.1, -0.05) is 0 Å². The third-order valence-corrected chi connectivity index (χ3v) is 2.99. The molecule has 5 nitrogen and oxygen atoms in total. The Labute approximate surface area is 118 Å². The van der Waals surface area contributed by atoms with E-state index >= 15 is 0 Å². The summed E-state index contributed by atoms with van der Waals surface area (Å²) in [6, 6.07) is 3.93. The molecule has 1 N–H and O–H groups in total. The molecule has 0 spiro atoms. The molecule has 8 heteroatoms. The standard InChI is InChI=1S/C13H13F3N2O3/c14-13(15,16)10-3-1-9(2-4-10)11(19)17-5-6-18-7-8-21-12(18)20/h1-4H,5-8H2,(H,17,19). The van der Waals surface area contributed by atoms with Crippen LogP contribution in [-0.4, -0.2) is 43.1 Å². The molecule has 0 aliphatic carbocycles. The molecular weight excluding hydrogens is 289 g/mol. The molecule has 1 aliphatic rings. The van der Waals surface area contributed by atoms with Crippen LogP contribution >= 0.6 is 0 Å². The molecule has 0 atom stereocenters. The van der Waals surface area contributed by atoms with Gasteiger partial charge in [0, 0.05) is 18.7 Å². The van der Waals surface area contributed by atoms with Crippen LogP contribution in [0.4, 0.5) is 18.0 Å². The van der Waals surface area contributed by atoms with E-state index in [1.54, 1.807) is 0 Å². The molecule has 1 fully saturated rings. The summed E-state index contributed by atoms with van der Waals surface area (Å²) >= 11 is 0. The van der Waals surface area contributed by atoms with E-state index in [1.165, 1.54) is 4.90 Å². The predicted molar refractivity (Wildman–Crippen MR) is 66.7 cm³/mol. The van der Waals surface area contributed by atoms with Crippen LogP contribution in [-0.2, 0) is 10.9 Å². The van der Waals surface area contributed by atoms with Crippen LogP contribution in [0.1, 0.15) is 15.9 Å². The van der Waals surface area contributed by atoms with Gasteiger partial charge in [0.15, 0.2) is 0 Å². The summed E-state index contributed by atoms with van der Waals surface area (Å²) in [7, 11) is 0. The van der Waals surface area contributed by atoms with E-state index < -0.39 is 23.7 Å². The molecule has 1 saturated heterocycles. The van der Waals surface area contributed by atoms with E-state index in [-0.39, 0.29) is 12.1 Å². The Balaban J connectivity index is 1.84. The maximum atomic E-state index is 12.4. The fourth-order valence-corrected chi connectivity index (χ4v) is 1.85. The van der Waals surface area contributed by atoms with Crippen molar-refractivity contribution < 1.29 is 27.5 Å². The highest BCUT2D eigenvalue weighted by Gasteiger charge is 2.30. The number of hydrogen-bond acceptors (Lipinski definition) is 3. The molecule has 1 aromatic carbocycles. The molecule has 0 saturated carbocycles. The van der Waals surface area contributed by atoms with Gasteiger partial charge in [0.05, 0.1) is 12.1 Å². The van der Waals surface area contributed by atoms with Crippen LogP contribution in [0.5, 0.6) is 0 Å². The van der Waals surface area contributed by atoms with Crippen LogP contribution in [0.25, 0.3) is 0 Å². The Kier molecular flexibility index (Phi) is 4.35. The van der Waals surface area contributed by atoms with Crippen LogP contribution in [0.2, 0.25) is 0 Å². The first kappa shape index (κ1) is 15.1. The Morgan fingerprint density at radius 2 is 1.95 bits per heavy atom. The van der Waals surface area contributed by atoms with Crippen molar-refractivity contribution in [2.75, 3.05) is 26.2 Å². The van der Waals surface area contributed by atoms with Gasteiger partial charge < -0.3 is 15.0 Å². The maximum absolute atomic E-state index is 12.4. The lowest BCUT2D eigenvalue weighted by molar-refractivity contribution is -0.137. The summed E-state index contributed by atoms with van der Waals surface area (Å²) < 4.78 is 41.9. The zero-order valence-electron chi connectivity index (χ0n) is 10.9. The van der Waals surface area contributed by atoms with E-state index in [9.17, 15) is 22.8 Å².